The van der Waals surface area contributed by atoms with Crippen LogP contribution in [0.25, 0.3) is 0 Å². The minimum Gasteiger partial charge on any atom is -0.499 e. The zero-order valence-electron chi connectivity index (χ0n) is 8.06. The minimum absolute atomic E-state index is 0.731. The van der Waals surface area contributed by atoms with E-state index in [2.05, 4.69) is 13.2 Å². The lowest BCUT2D eigenvalue weighted by molar-refractivity contribution is 0.175. The maximum Gasteiger partial charge on any atom is 0.0878 e. The van der Waals surface area contributed by atoms with Crippen molar-refractivity contribution in [2.24, 2.45) is 0 Å². The molecule has 0 rings (SSSR count). The van der Waals surface area contributed by atoms with E-state index in [0.717, 1.165) is 37.6 Å². The summed E-state index contributed by atoms with van der Waals surface area (Å²) in [5.41, 5.74) is 0. The lowest BCUT2D eigenvalue weighted by Gasteiger charge is -2.06. The molecular weight excluding hydrogens is 152 g/mol. The quantitative estimate of drug-likeness (QED) is 0.432. The summed E-state index contributed by atoms with van der Waals surface area (Å²) < 4.78 is 10.4. The molecule has 0 unspecified atom stereocenters. The summed E-state index contributed by atoms with van der Waals surface area (Å²) in [6, 6.07) is 0. The summed E-state index contributed by atoms with van der Waals surface area (Å²) in [5.74, 6) is 1.55. The summed E-state index contributed by atoms with van der Waals surface area (Å²) in [7, 11) is 0. The van der Waals surface area contributed by atoms with Crippen molar-refractivity contribution in [3.63, 3.8) is 0 Å². The molecule has 0 aliphatic carbocycles. The molecule has 2 nitrogen and oxygen atoms in total. The molecule has 2 heteroatoms. The van der Waals surface area contributed by atoms with Crippen LogP contribution in [0, 0.1) is 0 Å². The Morgan fingerprint density at radius 1 is 0.917 bits per heavy atom. The molecule has 0 radical (unpaired) electrons. The molecule has 70 valence electrons. The molecule has 0 heterocycles. The van der Waals surface area contributed by atoms with Crippen molar-refractivity contribution >= 4 is 0 Å². The maximum atomic E-state index is 5.18. The highest BCUT2D eigenvalue weighted by Gasteiger charge is 1.90. The van der Waals surface area contributed by atoms with Crippen molar-refractivity contribution in [3.05, 3.63) is 24.7 Å². The van der Waals surface area contributed by atoms with E-state index >= 15 is 0 Å². The van der Waals surface area contributed by atoms with Gasteiger partial charge < -0.3 is 9.47 Å². The SMILES string of the molecule is C=C(C)OCCCCOC(=C)C. The van der Waals surface area contributed by atoms with Crippen LogP contribution in [0.3, 0.4) is 0 Å². The van der Waals surface area contributed by atoms with Gasteiger partial charge in [-0.15, -0.1) is 0 Å². The second kappa shape index (κ2) is 6.77. The molecule has 0 aromatic rings. The average Bonchev–Trinajstić information content (AvgIpc) is 1.95. The van der Waals surface area contributed by atoms with Crippen LogP contribution in [-0.2, 0) is 9.47 Å². The Kier molecular flexibility index (Phi) is 6.25. The van der Waals surface area contributed by atoms with Crippen LogP contribution in [0.2, 0.25) is 0 Å². The number of ether oxygens (including phenoxy) is 2. The summed E-state index contributed by atoms with van der Waals surface area (Å²) in [6.45, 7) is 12.4. The normalized spacial score (nSPS) is 9.17. The molecule has 0 spiro atoms. The van der Waals surface area contributed by atoms with E-state index in [1.54, 1.807) is 0 Å². The van der Waals surface area contributed by atoms with E-state index in [4.69, 9.17) is 9.47 Å². The van der Waals surface area contributed by atoms with Crippen LogP contribution in [0.5, 0.6) is 0 Å². The summed E-state index contributed by atoms with van der Waals surface area (Å²) in [5, 5.41) is 0. The van der Waals surface area contributed by atoms with E-state index in [0.29, 0.717) is 0 Å². The highest BCUT2D eigenvalue weighted by Crippen LogP contribution is 1.98. The monoisotopic (exact) mass is 170 g/mol. The molecule has 0 fully saturated rings. The van der Waals surface area contributed by atoms with E-state index in [1.165, 1.54) is 0 Å². The Morgan fingerprint density at radius 3 is 1.50 bits per heavy atom. The summed E-state index contributed by atoms with van der Waals surface area (Å²) >= 11 is 0. The van der Waals surface area contributed by atoms with Crippen molar-refractivity contribution in [2.45, 2.75) is 26.7 Å². The predicted molar refractivity (Wildman–Crippen MR) is 50.8 cm³/mol. The van der Waals surface area contributed by atoms with Gasteiger partial charge in [-0.25, -0.2) is 0 Å². The largest absolute Gasteiger partial charge is 0.499 e. The van der Waals surface area contributed by atoms with Gasteiger partial charge in [0.25, 0.3) is 0 Å². The van der Waals surface area contributed by atoms with Gasteiger partial charge >= 0.3 is 0 Å². The molecule has 0 aromatic carbocycles. The standard InChI is InChI=1S/C10H18O2/c1-9(2)11-7-5-6-8-12-10(3)4/h1,3,5-8H2,2,4H3. The van der Waals surface area contributed by atoms with Gasteiger partial charge in [-0.2, -0.15) is 0 Å². The highest BCUT2D eigenvalue weighted by atomic mass is 16.5. The second-order valence-electron chi connectivity index (χ2n) is 2.81. The third-order valence-electron chi connectivity index (χ3n) is 1.24. The maximum absolute atomic E-state index is 5.18. The first-order chi connectivity index (χ1) is 5.63. The molecule has 0 atom stereocenters. The first-order valence-corrected chi connectivity index (χ1v) is 4.19. The van der Waals surface area contributed by atoms with E-state index in [-0.39, 0.29) is 0 Å². The lowest BCUT2D eigenvalue weighted by atomic mass is 10.3. The molecule has 12 heavy (non-hydrogen) atoms. The number of hydrogen-bond donors (Lipinski definition) is 0. The van der Waals surface area contributed by atoms with E-state index < -0.39 is 0 Å². The first-order valence-electron chi connectivity index (χ1n) is 4.19. The molecule has 0 aliphatic heterocycles. The van der Waals surface area contributed by atoms with E-state index in [9.17, 15) is 0 Å². The average molecular weight is 170 g/mol. The van der Waals surface area contributed by atoms with Crippen LogP contribution >= 0.6 is 0 Å². The molecule has 0 aliphatic rings. The zero-order chi connectivity index (χ0) is 9.40. The molecular formula is C10H18O2. The number of allylic oxidation sites excluding steroid dienone is 2. The van der Waals surface area contributed by atoms with Crippen molar-refractivity contribution in [1.82, 2.24) is 0 Å². The Labute approximate surface area is 74.9 Å². The predicted octanol–water partition coefficient (Wildman–Crippen LogP) is 2.87. The summed E-state index contributed by atoms with van der Waals surface area (Å²) in [6.07, 6.45) is 2.00. The van der Waals surface area contributed by atoms with Crippen LogP contribution in [0.4, 0.5) is 0 Å². The van der Waals surface area contributed by atoms with Crippen LogP contribution in [0.15, 0.2) is 24.7 Å². The van der Waals surface area contributed by atoms with Crippen molar-refractivity contribution in [2.75, 3.05) is 13.2 Å². The van der Waals surface area contributed by atoms with E-state index in [1.807, 2.05) is 13.8 Å². The van der Waals surface area contributed by atoms with Crippen molar-refractivity contribution in [3.8, 4) is 0 Å². The van der Waals surface area contributed by atoms with Gasteiger partial charge in [0.1, 0.15) is 0 Å². The number of hydrogen-bond acceptors (Lipinski definition) is 2. The molecule has 0 saturated carbocycles. The Morgan fingerprint density at radius 2 is 1.25 bits per heavy atom. The third-order valence-corrected chi connectivity index (χ3v) is 1.24. The van der Waals surface area contributed by atoms with Gasteiger partial charge in [-0.3, -0.25) is 0 Å². The number of rotatable bonds is 7. The first kappa shape index (κ1) is 11.1. The van der Waals surface area contributed by atoms with Gasteiger partial charge in [0.05, 0.1) is 24.7 Å². The minimum atomic E-state index is 0.731. The van der Waals surface area contributed by atoms with Gasteiger partial charge in [0.2, 0.25) is 0 Å². The summed E-state index contributed by atoms with van der Waals surface area (Å²) in [4.78, 5) is 0. The molecule has 0 amide bonds. The fourth-order valence-electron chi connectivity index (χ4n) is 0.697. The Balaban J connectivity index is 3.01. The Bertz CT molecular complexity index is 132. The van der Waals surface area contributed by atoms with Crippen molar-refractivity contribution < 1.29 is 9.47 Å². The molecule has 0 saturated heterocycles. The highest BCUT2D eigenvalue weighted by molar-refractivity contribution is 4.74. The van der Waals surface area contributed by atoms with Crippen LogP contribution in [0.1, 0.15) is 26.7 Å². The fourth-order valence-corrected chi connectivity index (χ4v) is 0.697. The topological polar surface area (TPSA) is 18.5 Å². The zero-order valence-corrected chi connectivity index (χ0v) is 8.06. The van der Waals surface area contributed by atoms with Gasteiger partial charge in [-0.05, 0) is 26.7 Å². The van der Waals surface area contributed by atoms with Crippen LogP contribution in [-0.4, -0.2) is 13.2 Å². The number of unbranched alkanes of at least 4 members (excludes halogenated alkanes) is 1. The smallest absolute Gasteiger partial charge is 0.0878 e. The molecule has 0 aromatic heterocycles. The third kappa shape index (κ3) is 9.08. The Hall–Kier alpha value is -0.920. The fraction of sp³-hybridized carbons (Fsp3) is 0.600. The van der Waals surface area contributed by atoms with Crippen molar-refractivity contribution in [1.29, 1.82) is 0 Å². The van der Waals surface area contributed by atoms with Gasteiger partial charge in [-0.1, -0.05) is 13.2 Å². The van der Waals surface area contributed by atoms with Gasteiger partial charge in [0, 0.05) is 0 Å². The molecule has 0 N–H and O–H groups in total. The lowest BCUT2D eigenvalue weighted by Crippen LogP contribution is -1.96. The second-order valence-corrected chi connectivity index (χ2v) is 2.81. The molecule has 0 bridgehead atoms. The van der Waals surface area contributed by atoms with Crippen LogP contribution < -0.4 is 0 Å². The van der Waals surface area contributed by atoms with Gasteiger partial charge in [0.15, 0.2) is 0 Å².